The Balaban J connectivity index is 1.41. The average molecular weight is 378 g/mol. The van der Waals surface area contributed by atoms with Crippen LogP contribution in [0.2, 0.25) is 0 Å². The number of carbonyl (C=O) groups excluding carboxylic acids is 1. The van der Waals surface area contributed by atoms with Crippen LogP contribution in [0.4, 0.5) is 17.5 Å². The minimum Gasteiger partial charge on any atom is -0.350 e. The molecule has 3 aromatic rings. The molecule has 1 atom stereocenters. The average Bonchev–Trinajstić information content (AvgIpc) is 3.12. The topological polar surface area (TPSA) is 101 Å². The molecular formula is C19H22N8O. The molecule has 9 nitrogen and oxygen atoms in total. The number of rotatable bonds is 5. The number of amides is 1. The van der Waals surface area contributed by atoms with E-state index >= 15 is 0 Å². The van der Waals surface area contributed by atoms with Gasteiger partial charge in [-0.25, -0.2) is 4.98 Å². The molecule has 0 spiro atoms. The van der Waals surface area contributed by atoms with Crippen LogP contribution in [-0.2, 0) is 17.9 Å². The number of likely N-dealkylation sites (N-methyl/N-ethyl adjacent to an activating group) is 1. The predicted molar refractivity (Wildman–Crippen MR) is 106 cm³/mol. The van der Waals surface area contributed by atoms with Crippen LogP contribution in [0.5, 0.6) is 0 Å². The van der Waals surface area contributed by atoms with E-state index in [2.05, 4.69) is 36.8 Å². The second-order valence-corrected chi connectivity index (χ2v) is 6.91. The molecule has 1 amide bonds. The number of carbonyl (C=O) groups is 1. The van der Waals surface area contributed by atoms with Crippen molar-refractivity contribution in [2.75, 3.05) is 22.6 Å². The van der Waals surface area contributed by atoms with Gasteiger partial charge in [0.1, 0.15) is 11.7 Å². The van der Waals surface area contributed by atoms with E-state index in [1.165, 1.54) is 0 Å². The summed E-state index contributed by atoms with van der Waals surface area (Å²) in [6.07, 6.45) is 7.26. The SMILES string of the molecule is Cc1cc(Cn2cc(CNc3ncc4c(n3)N(C)[C@@H](C)C(=O)N4)cn2)ccn1. The fourth-order valence-electron chi connectivity index (χ4n) is 3.07. The summed E-state index contributed by atoms with van der Waals surface area (Å²) in [5.74, 6) is 1.15. The van der Waals surface area contributed by atoms with Gasteiger partial charge in [0.15, 0.2) is 5.82 Å². The normalized spacial score (nSPS) is 15.9. The highest BCUT2D eigenvalue weighted by Gasteiger charge is 2.28. The zero-order valence-corrected chi connectivity index (χ0v) is 16.0. The summed E-state index contributed by atoms with van der Waals surface area (Å²) >= 11 is 0. The van der Waals surface area contributed by atoms with E-state index in [4.69, 9.17) is 0 Å². The summed E-state index contributed by atoms with van der Waals surface area (Å²) in [5.41, 5.74) is 3.80. The summed E-state index contributed by atoms with van der Waals surface area (Å²) < 4.78 is 1.89. The molecule has 0 radical (unpaired) electrons. The first-order valence-electron chi connectivity index (χ1n) is 9.07. The van der Waals surface area contributed by atoms with Gasteiger partial charge < -0.3 is 15.5 Å². The zero-order chi connectivity index (χ0) is 19.7. The van der Waals surface area contributed by atoms with Gasteiger partial charge in [0, 0.05) is 37.2 Å². The first kappa shape index (κ1) is 17.9. The maximum Gasteiger partial charge on any atom is 0.246 e. The first-order valence-corrected chi connectivity index (χ1v) is 9.07. The van der Waals surface area contributed by atoms with E-state index < -0.39 is 0 Å². The van der Waals surface area contributed by atoms with Crippen LogP contribution in [-0.4, -0.2) is 43.7 Å². The van der Waals surface area contributed by atoms with E-state index in [-0.39, 0.29) is 11.9 Å². The lowest BCUT2D eigenvalue weighted by molar-refractivity contribution is -0.117. The highest BCUT2D eigenvalue weighted by atomic mass is 16.2. The van der Waals surface area contributed by atoms with Gasteiger partial charge in [-0.05, 0) is 31.5 Å². The van der Waals surface area contributed by atoms with Crippen molar-refractivity contribution in [1.82, 2.24) is 24.7 Å². The molecule has 3 aromatic heterocycles. The van der Waals surface area contributed by atoms with Gasteiger partial charge in [0.05, 0.1) is 18.9 Å². The minimum absolute atomic E-state index is 0.0592. The number of aromatic nitrogens is 5. The number of pyridine rings is 1. The molecule has 1 aliphatic rings. The van der Waals surface area contributed by atoms with Crippen LogP contribution in [0.1, 0.15) is 23.7 Å². The van der Waals surface area contributed by atoms with Crippen LogP contribution in [0.25, 0.3) is 0 Å². The van der Waals surface area contributed by atoms with E-state index in [1.807, 2.05) is 55.1 Å². The lowest BCUT2D eigenvalue weighted by Gasteiger charge is -2.31. The predicted octanol–water partition coefficient (Wildman–Crippen LogP) is 1.81. The van der Waals surface area contributed by atoms with Gasteiger partial charge in [-0.2, -0.15) is 10.1 Å². The van der Waals surface area contributed by atoms with Crippen molar-refractivity contribution in [3.8, 4) is 0 Å². The van der Waals surface area contributed by atoms with Gasteiger partial charge in [0.25, 0.3) is 0 Å². The molecule has 0 unspecified atom stereocenters. The maximum absolute atomic E-state index is 11.9. The third-order valence-electron chi connectivity index (χ3n) is 4.76. The Morgan fingerprint density at radius 3 is 2.93 bits per heavy atom. The summed E-state index contributed by atoms with van der Waals surface area (Å²) in [4.78, 5) is 26.8. The molecule has 0 fully saturated rings. The highest BCUT2D eigenvalue weighted by Crippen LogP contribution is 2.28. The quantitative estimate of drug-likeness (QED) is 0.698. The summed E-state index contributed by atoms with van der Waals surface area (Å²) in [5, 5.41) is 10.5. The number of hydrogen-bond donors (Lipinski definition) is 2. The van der Waals surface area contributed by atoms with Gasteiger partial charge in [-0.3, -0.25) is 14.5 Å². The van der Waals surface area contributed by atoms with E-state index in [9.17, 15) is 4.79 Å². The molecule has 2 N–H and O–H groups in total. The standard InChI is InChI=1S/C19H22N8O/c1-12-6-14(4-5-20-12)10-27-11-15(8-23-27)7-21-19-22-9-16-17(25-19)26(3)13(2)18(28)24-16/h4-6,8-9,11,13H,7,10H2,1-3H3,(H,24,28)(H,21,22,25)/t13-/m0/s1. The monoisotopic (exact) mass is 378 g/mol. The second kappa shape index (κ2) is 7.26. The lowest BCUT2D eigenvalue weighted by atomic mass is 10.2. The molecule has 144 valence electrons. The molecular weight excluding hydrogens is 356 g/mol. The fourth-order valence-corrected chi connectivity index (χ4v) is 3.07. The smallest absolute Gasteiger partial charge is 0.246 e. The van der Waals surface area contributed by atoms with Crippen LogP contribution in [0.3, 0.4) is 0 Å². The number of nitrogens with one attached hydrogen (secondary N) is 2. The first-order chi connectivity index (χ1) is 13.5. The van der Waals surface area contributed by atoms with Crippen LogP contribution >= 0.6 is 0 Å². The molecule has 4 heterocycles. The van der Waals surface area contributed by atoms with Crippen LogP contribution in [0.15, 0.2) is 36.9 Å². The largest absolute Gasteiger partial charge is 0.350 e. The van der Waals surface area contributed by atoms with Gasteiger partial charge in [-0.1, -0.05) is 0 Å². The third kappa shape index (κ3) is 3.64. The number of nitrogens with zero attached hydrogens (tertiary/aromatic N) is 6. The Morgan fingerprint density at radius 1 is 1.25 bits per heavy atom. The summed E-state index contributed by atoms with van der Waals surface area (Å²) in [6, 6.07) is 3.77. The van der Waals surface area contributed by atoms with E-state index in [0.717, 1.165) is 16.8 Å². The van der Waals surface area contributed by atoms with Gasteiger partial charge in [-0.15, -0.1) is 0 Å². The van der Waals surface area contributed by atoms with Crippen molar-refractivity contribution < 1.29 is 4.79 Å². The number of fused-ring (bicyclic) bond motifs is 1. The second-order valence-electron chi connectivity index (χ2n) is 6.91. The molecule has 28 heavy (non-hydrogen) atoms. The third-order valence-corrected chi connectivity index (χ3v) is 4.76. The van der Waals surface area contributed by atoms with Crippen LogP contribution in [0, 0.1) is 6.92 Å². The lowest BCUT2D eigenvalue weighted by Crippen LogP contribution is -2.44. The Morgan fingerprint density at radius 2 is 2.11 bits per heavy atom. The number of hydrogen-bond acceptors (Lipinski definition) is 7. The fraction of sp³-hybridized carbons (Fsp3) is 0.316. The molecule has 0 bridgehead atoms. The van der Waals surface area contributed by atoms with Gasteiger partial charge in [0.2, 0.25) is 11.9 Å². The maximum atomic E-state index is 11.9. The van der Waals surface area contributed by atoms with Crippen molar-refractivity contribution in [3.63, 3.8) is 0 Å². The molecule has 1 aliphatic heterocycles. The van der Waals surface area contributed by atoms with Crippen LogP contribution < -0.4 is 15.5 Å². The molecule has 4 rings (SSSR count). The van der Waals surface area contributed by atoms with Crippen molar-refractivity contribution in [3.05, 3.63) is 53.7 Å². The Labute approximate surface area is 162 Å². The molecule has 0 saturated carbocycles. The summed E-state index contributed by atoms with van der Waals surface area (Å²) in [7, 11) is 1.85. The molecule has 0 saturated heterocycles. The molecule has 9 heteroatoms. The Bertz CT molecular complexity index is 1010. The van der Waals surface area contributed by atoms with E-state index in [0.29, 0.717) is 30.5 Å². The van der Waals surface area contributed by atoms with Gasteiger partial charge >= 0.3 is 0 Å². The Hall–Kier alpha value is -3.49. The van der Waals surface area contributed by atoms with E-state index in [1.54, 1.807) is 6.20 Å². The van der Waals surface area contributed by atoms with Crippen molar-refractivity contribution in [2.24, 2.45) is 0 Å². The Kier molecular flexibility index (Phi) is 4.64. The molecule has 0 aromatic carbocycles. The molecule has 0 aliphatic carbocycles. The van der Waals surface area contributed by atoms with Crippen molar-refractivity contribution in [1.29, 1.82) is 0 Å². The highest BCUT2D eigenvalue weighted by molar-refractivity contribution is 6.02. The van der Waals surface area contributed by atoms with Crippen molar-refractivity contribution in [2.45, 2.75) is 33.0 Å². The number of anilines is 3. The zero-order valence-electron chi connectivity index (χ0n) is 16.0. The minimum atomic E-state index is -0.273. The van der Waals surface area contributed by atoms with Crippen molar-refractivity contribution >= 4 is 23.4 Å². The number of aryl methyl sites for hydroxylation is 1. The summed E-state index contributed by atoms with van der Waals surface area (Å²) in [6.45, 7) is 5.07.